The van der Waals surface area contributed by atoms with Gasteiger partial charge in [0, 0.05) is 0 Å². The Kier molecular flexibility index (Phi) is 4.43. The van der Waals surface area contributed by atoms with Gasteiger partial charge in [-0.15, -0.1) is 0 Å². The molecule has 0 aromatic heterocycles. The molecule has 1 heteroatoms. The fraction of sp³-hybridized carbons (Fsp3) is 1.00. The molecule has 0 amide bonds. The molecule has 1 aliphatic rings. The lowest BCUT2D eigenvalue weighted by atomic mass is 9.71. The molecule has 1 nitrogen and oxygen atoms in total. The lowest BCUT2D eigenvalue weighted by Crippen LogP contribution is -2.42. The Labute approximate surface area is 88.9 Å². The minimum atomic E-state index is -0.420. The van der Waals surface area contributed by atoms with Gasteiger partial charge in [-0.1, -0.05) is 39.5 Å². The van der Waals surface area contributed by atoms with Crippen LogP contribution in [0.5, 0.6) is 0 Å². The second-order valence-electron chi connectivity index (χ2n) is 5.25. The van der Waals surface area contributed by atoms with E-state index in [1.807, 2.05) is 0 Å². The van der Waals surface area contributed by atoms with Crippen LogP contribution in [0.2, 0.25) is 0 Å². The summed E-state index contributed by atoms with van der Waals surface area (Å²) in [6, 6.07) is 0. The predicted molar refractivity (Wildman–Crippen MR) is 61.3 cm³/mol. The van der Waals surface area contributed by atoms with Crippen LogP contribution in [-0.2, 0) is 0 Å². The van der Waals surface area contributed by atoms with E-state index in [1.165, 1.54) is 38.5 Å². The van der Waals surface area contributed by atoms with E-state index >= 15 is 0 Å². The zero-order valence-electron chi connectivity index (χ0n) is 10.1. The van der Waals surface area contributed by atoms with Gasteiger partial charge in [0.05, 0.1) is 5.60 Å². The summed E-state index contributed by atoms with van der Waals surface area (Å²) in [5.74, 6) is 1.01. The first kappa shape index (κ1) is 12.0. The van der Waals surface area contributed by atoms with Gasteiger partial charge in [-0.25, -0.2) is 0 Å². The molecule has 1 fully saturated rings. The summed E-state index contributed by atoms with van der Waals surface area (Å²) >= 11 is 0. The van der Waals surface area contributed by atoms with Gasteiger partial charge in [-0.2, -0.15) is 0 Å². The molecule has 0 bridgehead atoms. The van der Waals surface area contributed by atoms with Crippen LogP contribution >= 0.6 is 0 Å². The summed E-state index contributed by atoms with van der Waals surface area (Å²) in [7, 11) is 0. The molecule has 1 aliphatic carbocycles. The second-order valence-corrected chi connectivity index (χ2v) is 5.25. The Hall–Kier alpha value is -0.0400. The molecule has 0 aliphatic heterocycles. The van der Waals surface area contributed by atoms with Crippen molar-refractivity contribution in [2.45, 2.75) is 71.3 Å². The van der Waals surface area contributed by atoms with Crippen LogP contribution in [0.25, 0.3) is 0 Å². The van der Waals surface area contributed by atoms with Crippen molar-refractivity contribution in [1.82, 2.24) is 0 Å². The number of rotatable bonds is 4. The summed E-state index contributed by atoms with van der Waals surface area (Å²) in [5, 5.41) is 10.5. The Bertz CT molecular complexity index is 157. The monoisotopic (exact) mass is 198 g/mol. The van der Waals surface area contributed by atoms with Gasteiger partial charge >= 0.3 is 0 Å². The van der Waals surface area contributed by atoms with Crippen LogP contribution in [0.15, 0.2) is 0 Å². The highest BCUT2D eigenvalue weighted by Crippen LogP contribution is 2.38. The van der Waals surface area contributed by atoms with E-state index < -0.39 is 5.60 Å². The fourth-order valence-corrected chi connectivity index (χ4v) is 2.81. The molecule has 0 aromatic rings. The van der Waals surface area contributed by atoms with Gasteiger partial charge in [0.2, 0.25) is 0 Å². The average Bonchev–Trinajstić information content (AvgIpc) is 2.19. The first-order valence-electron chi connectivity index (χ1n) is 6.31. The zero-order valence-corrected chi connectivity index (χ0v) is 10.1. The predicted octanol–water partition coefficient (Wildman–Crippen LogP) is 3.75. The number of aliphatic hydroxyl groups is 1. The fourth-order valence-electron chi connectivity index (χ4n) is 2.81. The molecular formula is C13H26O. The van der Waals surface area contributed by atoms with E-state index in [0.29, 0.717) is 11.8 Å². The largest absolute Gasteiger partial charge is 0.390 e. The van der Waals surface area contributed by atoms with E-state index in [2.05, 4.69) is 20.8 Å². The minimum Gasteiger partial charge on any atom is -0.390 e. The Balaban J connectivity index is 2.52. The SMILES string of the molecule is CCCC(C)C(C)(O)C1CCCCC1. The minimum absolute atomic E-state index is 0.420. The Morgan fingerprint density at radius 1 is 1.29 bits per heavy atom. The third-order valence-corrected chi connectivity index (χ3v) is 4.15. The van der Waals surface area contributed by atoms with Crippen molar-refractivity contribution in [1.29, 1.82) is 0 Å². The number of hydrogen-bond acceptors (Lipinski definition) is 1. The van der Waals surface area contributed by atoms with Gasteiger partial charge < -0.3 is 5.11 Å². The van der Waals surface area contributed by atoms with Gasteiger partial charge in [-0.3, -0.25) is 0 Å². The van der Waals surface area contributed by atoms with Crippen LogP contribution in [-0.4, -0.2) is 10.7 Å². The molecule has 1 N–H and O–H groups in total. The van der Waals surface area contributed by atoms with Crippen LogP contribution in [0.4, 0.5) is 0 Å². The summed E-state index contributed by atoms with van der Waals surface area (Å²) in [6.07, 6.45) is 8.82. The highest BCUT2D eigenvalue weighted by atomic mass is 16.3. The molecule has 0 saturated heterocycles. The maximum atomic E-state index is 10.5. The first-order chi connectivity index (χ1) is 6.59. The van der Waals surface area contributed by atoms with Crippen molar-refractivity contribution in [3.8, 4) is 0 Å². The molecule has 14 heavy (non-hydrogen) atoms. The van der Waals surface area contributed by atoms with Gasteiger partial charge in [0.1, 0.15) is 0 Å². The lowest BCUT2D eigenvalue weighted by Gasteiger charge is -2.40. The van der Waals surface area contributed by atoms with Crippen LogP contribution in [0, 0.1) is 11.8 Å². The second kappa shape index (κ2) is 5.16. The van der Waals surface area contributed by atoms with Crippen molar-refractivity contribution in [3.05, 3.63) is 0 Å². The van der Waals surface area contributed by atoms with Crippen LogP contribution in [0.3, 0.4) is 0 Å². The topological polar surface area (TPSA) is 20.2 Å². The Morgan fingerprint density at radius 2 is 1.86 bits per heavy atom. The molecule has 1 saturated carbocycles. The van der Waals surface area contributed by atoms with Crippen molar-refractivity contribution in [2.75, 3.05) is 0 Å². The Morgan fingerprint density at radius 3 is 2.36 bits per heavy atom. The highest BCUT2D eigenvalue weighted by Gasteiger charge is 2.36. The molecule has 0 aromatic carbocycles. The lowest BCUT2D eigenvalue weighted by molar-refractivity contribution is -0.0626. The highest BCUT2D eigenvalue weighted by molar-refractivity contribution is 4.88. The summed E-state index contributed by atoms with van der Waals surface area (Å²) in [6.45, 7) is 6.47. The molecule has 0 radical (unpaired) electrons. The quantitative estimate of drug-likeness (QED) is 0.729. The molecule has 0 heterocycles. The van der Waals surface area contributed by atoms with E-state index in [0.717, 1.165) is 6.42 Å². The summed E-state index contributed by atoms with van der Waals surface area (Å²) < 4.78 is 0. The average molecular weight is 198 g/mol. The maximum Gasteiger partial charge on any atom is 0.0673 e. The molecule has 2 unspecified atom stereocenters. The third-order valence-electron chi connectivity index (χ3n) is 4.15. The smallest absolute Gasteiger partial charge is 0.0673 e. The standard InChI is InChI=1S/C13H26O/c1-4-8-11(2)13(3,14)12-9-6-5-7-10-12/h11-12,14H,4-10H2,1-3H3. The van der Waals surface area contributed by atoms with Crippen molar-refractivity contribution >= 4 is 0 Å². The maximum absolute atomic E-state index is 10.5. The number of hydrogen-bond donors (Lipinski definition) is 1. The van der Waals surface area contributed by atoms with Crippen molar-refractivity contribution in [2.24, 2.45) is 11.8 Å². The van der Waals surface area contributed by atoms with Crippen molar-refractivity contribution < 1.29 is 5.11 Å². The van der Waals surface area contributed by atoms with Gasteiger partial charge in [0.15, 0.2) is 0 Å². The molecule has 0 spiro atoms. The van der Waals surface area contributed by atoms with E-state index in [9.17, 15) is 5.11 Å². The molecule has 1 rings (SSSR count). The van der Waals surface area contributed by atoms with Crippen LogP contribution < -0.4 is 0 Å². The summed E-state index contributed by atoms with van der Waals surface area (Å²) in [5.41, 5.74) is -0.420. The van der Waals surface area contributed by atoms with Crippen molar-refractivity contribution in [3.63, 3.8) is 0 Å². The third kappa shape index (κ3) is 2.73. The molecular weight excluding hydrogens is 172 g/mol. The summed E-state index contributed by atoms with van der Waals surface area (Å²) in [4.78, 5) is 0. The van der Waals surface area contributed by atoms with E-state index in [-0.39, 0.29) is 0 Å². The van der Waals surface area contributed by atoms with E-state index in [1.54, 1.807) is 0 Å². The molecule has 2 atom stereocenters. The van der Waals surface area contributed by atoms with Gasteiger partial charge in [-0.05, 0) is 38.0 Å². The van der Waals surface area contributed by atoms with E-state index in [4.69, 9.17) is 0 Å². The van der Waals surface area contributed by atoms with Crippen LogP contribution in [0.1, 0.15) is 65.7 Å². The zero-order chi connectivity index (χ0) is 10.6. The molecule has 84 valence electrons. The normalized spacial score (nSPS) is 25.7. The first-order valence-corrected chi connectivity index (χ1v) is 6.31. The van der Waals surface area contributed by atoms with Gasteiger partial charge in [0.25, 0.3) is 0 Å².